The fourth-order valence-corrected chi connectivity index (χ4v) is 2.88. The number of hydrogen-bond donors (Lipinski definition) is 1. The SMILES string of the molecule is CNCc1ccc(Sc2ccc(C)cc2)c(C(F)(F)F)c1. The lowest BCUT2D eigenvalue weighted by Crippen LogP contribution is -2.10. The van der Waals surface area contributed by atoms with Crippen LogP contribution in [0.1, 0.15) is 16.7 Å². The predicted octanol–water partition coefficient (Wildman–Crippen LogP) is 4.88. The number of rotatable bonds is 4. The Morgan fingerprint density at radius 3 is 2.29 bits per heavy atom. The Kier molecular flexibility index (Phi) is 4.96. The third-order valence-electron chi connectivity index (χ3n) is 2.98. The molecule has 2 rings (SSSR count). The Morgan fingerprint density at radius 2 is 1.71 bits per heavy atom. The van der Waals surface area contributed by atoms with E-state index in [4.69, 9.17) is 0 Å². The van der Waals surface area contributed by atoms with E-state index in [1.807, 2.05) is 31.2 Å². The molecule has 0 unspecified atom stereocenters. The molecule has 0 aliphatic heterocycles. The second-order valence-corrected chi connectivity index (χ2v) is 5.89. The first kappa shape index (κ1) is 15.9. The highest BCUT2D eigenvalue weighted by atomic mass is 32.2. The Morgan fingerprint density at radius 1 is 1.05 bits per heavy atom. The lowest BCUT2D eigenvalue weighted by molar-refractivity contribution is -0.139. The summed E-state index contributed by atoms with van der Waals surface area (Å²) in [7, 11) is 1.71. The Labute approximate surface area is 126 Å². The number of nitrogens with one attached hydrogen (secondary N) is 1. The molecule has 0 saturated carbocycles. The highest BCUT2D eigenvalue weighted by molar-refractivity contribution is 7.99. The lowest BCUT2D eigenvalue weighted by Gasteiger charge is -2.14. The third-order valence-corrected chi connectivity index (χ3v) is 4.06. The van der Waals surface area contributed by atoms with Crippen LogP contribution in [0, 0.1) is 6.92 Å². The largest absolute Gasteiger partial charge is 0.417 e. The van der Waals surface area contributed by atoms with Gasteiger partial charge in [-0.15, -0.1) is 0 Å². The molecule has 0 amide bonds. The zero-order chi connectivity index (χ0) is 15.5. The van der Waals surface area contributed by atoms with Gasteiger partial charge in [-0.1, -0.05) is 35.5 Å². The molecule has 0 radical (unpaired) electrons. The van der Waals surface area contributed by atoms with Crippen LogP contribution in [0.25, 0.3) is 0 Å². The standard InChI is InChI=1S/C16H16F3NS/c1-11-3-6-13(7-4-11)21-15-8-5-12(10-20-2)9-14(15)16(17,18)19/h3-9,20H,10H2,1-2H3. The molecule has 1 N–H and O–H groups in total. The highest BCUT2D eigenvalue weighted by Crippen LogP contribution is 2.40. The van der Waals surface area contributed by atoms with Crippen LogP contribution in [0.5, 0.6) is 0 Å². The van der Waals surface area contributed by atoms with Crippen molar-refractivity contribution in [1.29, 1.82) is 0 Å². The van der Waals surface area contributed by atoms with E-state index in [2.05, 4.69) is 5.32 Å². The second kappa shape index (κ2) is 6.54. The molecule has 0 heterocycles. The third kappa shape index (κ3) is 4.25. The summed E-state index contributed by atoms with van der Waals surface area (Å²) < 4.78 is 39.6. The van der Waals surface area contributed by atoms with Gasteiger partial charge in [0.2, 0.25) is 0 Å². The molecule has 0 aliphatic rings. The van der Waals surface area contributed by atoms with Crippen molar-refractivity contribution in [3.05, 3.63) is 59.2 Å². The molecule has 0 aliphatic carbocycles. The zero-order valence-corrected chi connectivity index (χ0v) is 12.6. The van der Waals surface area contributed by atoms with E-state index in [1.54, 1.807) is 19.2 Å². The number of halogens is 3. The van der Waals surface area contributed by atoms with E-state index in [1.165, 1.54) is 6.07 Å². The van der Waals surface area contributed by atoms with Gasteiger partial charge >= 0.3 is 6.18 Å². The molecule has 21 heavy (non-hydrogen) atoms. The molecule has 1 nitrogen and oxygen atoms in total. The van der Waals surface area contributed by atoms with Crippen LogP contribution in [0.15, 0.2) is 52.3 Å². The normalized spacial score (nSPS) is 11.7. The van der Waals surface area contributed by atoms with Gasteiger partial charge in [-0.25, -0.2) is 0 Å². The minimum atomic E-state index is -4.35. The number of aryl methyl sites for hydroxylation is 1. The quantitative estimate of drug-likeness (QED) is 0.863. The maximum atomic E-state index is 13.2. The zero-order valence-electron chi connectivity index (χ0n) is 11.8. The van der Waals surface area contributed by atoms with Crippen LogP contribution in [-0.4, -0.2) is 7.05 Å². The van der Waals surface area contributed by atoms with Gasteiger partial charge in [0.05, 0.1) is 5.56 Å². The summed E-state index contributed by atoms with van der Waals surface area (Å²) in [5.74, 6) is 0. The van der Waals surface area contributed by atoms with Crippen LogP contribution in [0.2, 0.25) is 0 Å². The van der Waals surface area contributed by atoms with Crippen molar-refractivity contribution >= 4 is 11.8 Å². The van der Waals surface area contributed by atoms with E-state index in [0.29, 0.717) is 12.1 Å². The van der Waals surface area contributed by atoms with E-state index in [9.17, 15) is 13.2 Å². The van der Waals surface area contributed by atoms with Crippen LogP contribution in [0.3, 0.4) is 0 Å². The molecule has 0 fully saturated rings. The van der Waals surface area contributed by atoms with Crippen LogP contribution < -0.4 is 5.32 Å². The molecular formula is C16H16F3NS. The van der Waals surface area contributed by atoms with Crippen molar-refractivity contribution in [2.24, 2.45) is 0 Å². The van der Waals surface area contributed by atoms with Crippen LogP contribution in [-0.2, 0) is 12.7 Å². The first-order chi connectivity index (χ1) is 9.90. The molecular weight excluding hydrogens is 295 g/mol. The summed E-state index contributed by atoms with van der Waals surface area (Å²) in [5.41, 5.74) is 1.12. The van der Waals surface area contributed by atoms with Crippen molar-refractivity contribution in [3.8, 4) is 0 Å². The topological polar surface area (TPSA) is 12.0 Å². The fraction of sp³-hybridized carbons (Fsp3) is 0.250. The minimum absolute atomic E-state index is 0.228. The van der Waals surface area contributed by atoms with Gasteiger partial charge in [0, 0.05) is 16.3 Å². The second-order valence-electron chi connectivity index (χ2n) is 4.77. The first-order valence-electron chi connectivity index (χ1n) is 6.49. The number of hydrogen-bond acceptors (Lipinski definition) is 2. The van der Waals surface area contributed by atoms with Gasteiger partial charge in [0.25, 0.3) is 0 Å². The van der Waals surface area contributed by atoms with Crippen molar-refractivity contribution in [3.63, 3.8) is 0 Å². The molecule has 0 spiro atoms. The highest BCUT2D eigenvalue weighted by Gasteiger charge is 2.33. The van der Waals surface area contributed by atoms with Crippen molar-refractivity contribution < 1.29 is 13.2 Å². The molecule has 0 atom stereocenters. The Balaban J connectivity index is 2.35. The smallest absolute Gasteiger partial charge is 0.316 e. The van der Waals surface area contributed by atoms with Gasteiger partial charge < -0.3 is 5.32 Å². The van der Waals surface area contributed by atoms with E-state index in [0.717, 1.165) is 22.2 Å². The molecule has 112 valence electrons. The molecule has 0 bridgehead atoms. The maximum absolute atomic E-state index is 13.2. The Hall–Kier alpha value is -1.46. The minimum Gasteiger partial charge on any atom is -0.316 e. The van der Waals surface area contributed by atoms with E-state index >= 15 is 0 Å². The summed E-state index contributed by atoms with van der Waals surface area (Å²) in [6.45, 7) is 2.36. The molecule has 0 aromatic heterocycles. The predicted molar refractivity (Wildman–Crippen MR) is 79.5 cm³/mol. The lowest BCUT2D eigenvalue weighted by atomic mass is 10.1. The summed E-state index contributed by atoms with van der Waals surface area (Å²) >= 11 is 1.14. The average molecular weight is 311 g/mol. The summed E-state index contributed by atoms with van der Waals surface area (Å²) in [5, 5.41) is 2.86. The van der Waals surface area contributed by atoms with Crippen molar-refractivity contribution in [2.45, 2.75) is 29.4 Å². The molecule has 5 heteroatoms. The summed E-state index contributed by atoms with van der Waals surface area (Å²) in [4.78, 5) is 1.03. The first-order valence-corrected chi connectivity index (χ1v) is 7.31. The van der Waals surface area contributed by atoms with Gasteiger partial charge in [-0.2, -0.15) is 13.2 Å². The number of benzene rings is 2. The molecule has 2 aromatic rings. The maximum Gasteiger partial charge on any atom is 0.417 e. The van der Waals surface area contributed by atoms with Crippen molar-refractivity contribution in [2.75, 3.05) is 7.05 Å². The van der Waals surface area contributed by atoms with Crippen LogP contribution in [0.4, 0.5) is 13.2 Å². The summed E-state index contributed by atoms with van der Waals surface area (Å²) in [6, 6.07) is 11.9. The van der Waals surface area contributed by atoms with Gasteiger partial charge in [-0.05, 0) is 43.8 Å². The monoisotopic (exact) mass is 311 g/mol. The Bertz CT molecular complexity index is 606. The van der Waals surface area contributed by atoms with Gasteiger partial charge in [0.1, 0.15) is 0 Å². The van der Waals surface area contributed by atoms with E-state index < -0.39 is 11.7 Å². The average Bonchev–Trinajstić information content (AvgIpc) is 2.42. The molecule has 2 aromatic carbocycles. The van der Waals surface area contributed by atoms with Crippen molar-refractivity contribution in [1.82, 2.24) is 5.32 Å². The number of alkyl halides is 3. The van der Waals surface area contributed by atoms with Gasteiger partial charge in [-0.3, -0.25) is 0 Å². The summed E-state index contributed by atoms with van der Waals surface area (Å²) in [6.07, 6.45) is -4.35. The van der Waals surface area contributed by atoms with E-state index in [-0.39, 0.29) is 4.90 Å². The molecule has 0 saturated heterocycles. The van der Waals surface area contributed by atoms with Gasteiger partial charge in [0.15, 0.2) is 0 Å². The fourth-order valence-electron chi connectivity index (χ4n) is 1.94. The van der Waals surface area contributed by atoms with Crippen LogP contribution >= 0.6 is 11.8 Å².